The second kappa shape index (κ2) is 7.09. The number of piperazine rings is 1. The van der Waals surface area contributed by atoms with E-state index in [9.17, 15) is 13.5 Å². The lowest BCUT2D eigenvalue weighted by Gasteiger charge is -2.38. The largest absolute Gasteiger partial charge is 0.389 e. The molecule has 0 aliphatic carbocycles. The van der Waals surface area contributed by atoms with Crippen LogP contribution in [0.3, 0.4) is 0 Å². The predicted octanol–water partition coefficient (Wildman–Crippen LogP) is -0.437. The van der Waals surface area contributed by atoms with Crippen molar-refractivity contribution >= 4 is 10.0 Å². The van der Waals surface area contributed by atoms with Gasteiger partial charge in [0.2, 0.25) is 10.0 Å². The minimum Gasteiger partial charge on any atom is -0.389 e. The van der Waals surface area contributed by atoms with Gasteiger partial charge in [0.15, 0.2) is 0 Å². The normalized spacial score (nSPS) is 28.8. The summed E-state index contributed by atoms with van der Waals surface area (Å²) >= 11 is 0. The number of hydrogen-bond acceptors (Lipinski definition) is 6. The van der Waals surface area contributed by atoms with Gasteiger partial charge in [0, 0.05) is 52.0 Å². The monoisotopic (exact) mass is 357 g/mol. The van der Waals surface area contributed by atoms with Crippen LogP contribution < -0.4 is 0 Å². The molecule has 3 heterocycles. The lowest BCUT2D eigenvalue weighted by molar-refractivity contribution is -0.0173. The Bertz CT molecular complexity index is 628. The first-order valence-electron chi connectivity index (χ1n) is 8.51. The van der Waals surface area contributed by atoms with Crippen LogP contribution in [0.4, 0.5) is 0 Å². The Hall–Kier alpha value is -1.00. The van der Waals surface area contributed by atoms with Gasteiger partial charge in [0.05, 0.1) is 11.8 Å². The highest BCUT2D eigenvalue weighted by molar-refractivity contribution is 7.89. The van der Waals surface area contributed by atoms with E-state index in [2.05, 4.69) is 27.0 Å². The van der Waals surface area contributed by atoms with E-state index in [1.165, 1.54) is 16.7 Å². The number of β-amino-alcohol motifs (C(OH)–C–C–N with tert-alkyl or cyclic N) is 1. The summed E-state index contributed by atoms with van der Waals surface area (Å²) in [5, 5.41) is 17.3. The molecule has 0 amide bonds. The number of nitrogens with zero attached hydrogens (tertiary/aromatic N) is 4. The molecule has 136 valence electrons. The highest BCUT2D eigenvalue weighted by Crippen LogP contribution is 2.27. The molecule has 2 N–H and O–H groups in total. The first kappa shape index (κ1) is 17.8. The predicted molar refractivity (Wildman–Crippen MR) is 90.1 cm³/mol. The average Bonchev–Trinajstić information content (AvgIpc) is 3.01. The van der Waals surface area contributed by atoms with Crippen molar-refractivity contribution in [2.24, 2.45) is 0 Å². The summed E-state index contributed by atoms with van der Waals surface area (Å²) in [4.78, 5) is 4.76. The van der Waals surface area contributed by atoms with E-state index in [0.717, 1.165) is 26.2 Å². The Morgan fingerprint density at radius 3 is 2.62 bits per heavy atom. The van der Waals surface area contributed by atoms with E-state index < -0.39 is 15.6 Å². The average molecular weight is 357 g/mol. The van der Waals surface area contributed by atoms with Gasteiger partial charge < -0.3 is 10.0 Å². The highest BCUT2D eigenvalue weighted by atomic mass is 32.2. The molecule has 8 nitrogen and oxygen atoms in total. The van der Waals surface area contributed by atoms with E-state index in [1.54, 1.807) is 0 Å². The summed E-state index contributed by atoms with van der Waals surface area (Å²) in [5.74, 6) is 0. The Labute approximate surface area is 143 Å². The van der Waals surface area contributed by atoms with E-state index in [4.69, 9.17) is 0 Å². The summed E-state index contributed by atoms with van der Waals surface area (Å²) in [6, 6.07) is 0. The summed E-state index contributed by atoms with van der Waals surface area (Å²) in [5.41, 5.74) is -0.809. The van der Waals surface area contributed by atoms with Gasteiger partial charge >= 0.3 is 0 Å². The zero-order chi connectivity index (χ0) is 17.2. The molecule has 3 rings (SSSR count). The van der Waals surface area contributed by atoms with Crippen LogP contribution in [0.15, 0.2) is 17.3 Å². The standard InChI is InChI=1S/C15H27N5O3S/c1-18-7-9-19(10-8-18)13-15(21)3-2-5-20(6-4-15)24(22,23)14-11-16-17-12-14/h11-12,21H,2-10,13H2,1H3,(H,16,17). The fourth-order valence-corrected chi connectivity index (χ4v) is 4.89. The fraction of sp³-hybridized carbons (Fsp3) is 0.800. The van der Waals surface area contributed by atoms with Crippen molar-refractivity contribution in [1.29, 1.82) is 0 Å². The maximum absolute atomic E-state index is 12.6. The molecule has 0 radical (unpaired) electrons. The van der Waals surface area contributed by atoms with Crippen LogP contribution in [0.1, 0.15) is 19.3 Å². The van der Waals surface area contributed by atoms with Crippen molar-refractivity contribution in [1.82, 2.24) is 24.3 Å². The van der Waals surface area contributed by atoms with Crippen molar-refractivity contribution in [2.45, 2.75) is 29.8 Å². The van der Waals surface area contributed by atoms with Gasteiger partial charge in [-0.15, -0.1) is 0 Å². The molecule has 0 bridgehead atoms. The van der Waals surface area contributed by atoms with Crippen LogP contribution in [0.25, 0.3) is 0 Å². The third-order valence-corrected chi connectivity index (χ3v) is 6.96. The van der Waals surface area contributed by atoms with Gasteiger partial charge in [-0.05, 0) is 26.3 Å². The number of aliphatic hydroxyl groups is 1. The van der Waals surface area contributed by atoms with Crippen LogP contribution in [0.2, 0.25) is 0 Å². The van der Waals surface area contributed by atoms with Crippen molar-refractivity contribution in [3.63, 3.8) is 0 Å². The number of nitrogens with one attached hydrogen (secondary N) is 1. The Kier molecular flexibility index (Phi) is 5.26. The highest BCUT2D eigenvalue weighted by Gasteiger charge is 2.36. The van der Waals surface area contributed by atoms with Crippen LogP contribution in [-0.2, 0) is 10.0 Å². The fourth-order valence-electron chi connectivity index (χ4n) is 3.50. The molecule has 2 aliphatic rings. The lowest BCUT2D eigenvalue weighted by Crippen LogP contribution is -2.51. The number of likely N-dealkylation sites (N-methyl/N-ethyl adjacent to an activating group) is 1. The number of sulfonamides is 1. The number of rotatable bonds is 4. The van der Waals surface area contributed by atoms with Gasteiger partial charge in [-0.1, -0.05) is 0 Å². The molecule has 9 heteroatoms. The summed E-state index contributed by atoms with van der Waals surface area (Å²) < 4.78 is 26.7. The minimum absolute atomic E-state index is 0.187. The molecule has 2 fully saturated rings. The van der Waals surface area contributed by atoms with Crippen LogP contribution >= 0.6 is 0 Å². The summed E-state index contributed by atoms with van der Waals surface area (Å²) in [7, 11) is -1.42. The van der Waals surface area contributed by atoms with E-state index in [0.29, 0.717) is 38.9 Å². The van der Waals surface area contributed by atoms with Crippen molar-refractivity contribution in [3.05, 3.63) is 12.4 Å². The molecular formula is C15H27N5O3S. The summed E-state index contributed by atoms with van der Waals surface area (Å²) in [6.45, 7) is 5.34. The van der Waals surface area contributed by atoms with E-state index >= 15 is 0 Å². The van der Waals surface area contributed by atoms with E-state index in [-0.39, 0.29) is 4.90 Å². The van der Waals surface area contributed by atoms with Crippen molar-refractivity contribution in [3.8, 4) is 0 Å². The molecule has 1 aromatic heterocycles. The van der Waals surface area contributed by atoms with Crippen LogP contribution in [0, 0.1) is 0 Å². The maximum Gasteiger partial charge on any atom is 0.246 e. The zero-order valence-electron chi connectivity index (χ0n) is 14.2. The molecule has 1 atom stereocenters. The maximum atomic E-state index is 12.6. The van der Waals surface area contributed by atoms with Gasteiger partial charge in [-0.25, -0.2) is 8.42 Å². The molecule has 2 aliphatic heterocycles. The molecule has 0 aromatic carbocycles. The van der Waals surface area contributed by atoms with Gasteiger partial charge in [-0.3, -0.25) is 10.00 Å². The first-order chi connectivity index (χ1) is 11.4. The molecule has 0 saturated carbocycles. The van der Waals surface area contributed by atoms with E-state index in [1.807, 2.05) is 0 Å². The van der Waals surface area contributed by atoms with Crippen LogP contribution in [-0.4, -0.2) is 96.3 Å². The quantitative estimate of drug-likeness (QED) is 0.759. The Morgan fingerprint density at radius 2 is 1.96 bits per heavy atom. The molecule has 1 unspecified atom stereocenters. The number of aromatic nitrogens is 2. The minimum atomic E-state index is -3.52. The topological polar surface area (TPSA) is 92.8 Å². The smallest absolute Gasteiger partial charge is 0.246 e. The Balaban J connectivity index is 1.62. The summed E-state index contributed by atoms with van der Waals surface area (Å²) in [6.07, 6.45) is 4.50. The molecular weight excluding hydrogens is 330 g/mol. The first-order valence-corrected chi connectivity index (χ1v) is 9.95. The van der Waals surface area contributed by atoms with Crippen molar-refractivity contribution in [2.75, 3.05) is 52.9 Å². The number of H-pyrrole nitrogens is 1. The van der Waals surface area contributed by atoms with Gasteiger partial charge in [0.1, 0.15) is 4.90 Å². The zero-order valence-corrected chi connectivity index (χ0v) is 15.0. The molecule has 0 spiro atoms. The van der Waals surface area contributed by atoms with Crippen molar-refractivity contribution < 1.29 is 13.5 Å². The SMILES string of the molecule is CN1CCN(CC2(O)CCCN(S(=O)(=O)c3cn[nH]c3)CC2)CC1. The number of aromatic amines is 1. The lowest BCUT2D eigenvalue weighted by atomic mass is 9.94. The third-order valence-electron chi connectivity index (χ3n) is 5.10. The molecule has 2 saturated heterocycles. The molecule has 24 heavy (non-hydrogen) atoms. The van der Waals surface area contributed by atoms with Crippen LogP contribution in [0.5, 0.6) is 0 Å². The number of hydrogen-bond donors (Lipinski definition) is 2. The second-order valence-corrected chi connectivity index (χ2v) is 8.93. The second-order valence-electron chi connectivity index (χ2n) is 7.00. The van der Waals surface area contributed by atoms with Gasteiger partial charge in [0.25, 0.3) is 0 Å². The molecule has 1 aromatic rings. The van der Waals surface area contributed by atoms with Gasteiger partial charge in [-0.2, -0.15) is 9.40 Å². The third kappa shape index (κ3) is 3.97. The Morgan fingerprint density at radius 1 is 1.21 bits per heavy atom.